The largest absolute Gasteiger partial charge is 0.465 e. The van der Waals surface area contributed by atoms with Crippen molar-refractivity contribution in [2.24, 2.45) is 0 Å². The lowest BCUT2D eigenvalue weighted by molar-refractivity contribution is -0.141. The van der Waals surface area contributed by atoms with E-state index in [4.69, 9.17) is 10.00 Å². The monoisotopic (exact) mass is 582 g/mol. The fraction of sp³-hybridized carbons (Fsp3) is 0.250. The van der Waals surface area contributed by atoms with Crippen molar-refractivity contribution in [1.29, 1.82) is 5.26 Å². The molecule has 0 bridgehead atoms. The summed E-state index contributed by atoms with van der Waals surface area (Å²) in [4.78, 5) is 32.3. The molecular formula is C32H30N4O5S. The first-order valence-corrected chi connectivity index (χ1v) is 15.2. The molecule has 0 unspecified atom stereocenters. The lowest BCUT2D eigenvalue weighted by Gasteiger charge is -2.35. The van der Waals surface area contributed by atoms with Crippen molar-refractivity contribution < 1.29 is 22.7 Å². The molecule has 42 heavy (non-hydrogen) atoms. The Labute approximate surface area is 245 Å². The molecule has 9 nitrogen and oxygen atoms in total. The number of sulfonamides is 1. The second-order valence-corrected chi connectivity index (χ2v) is 11.8. The zero-order valence-electron chi connectivity index (χ0n) is 23.2. The van der Waals surface area contributed by atoms with E-state index < -0.39 is 22.5 Å². The quantitative estimate of drug-likeness (QED) is 0.261. The number of hydrogen-bond donors (Lipinski definition) is 0. The SMILES string of the molecule is CCOC(=O)CN(c1cccc2c1N(C(=O)CCc1ccc(C#N)cc1)CCC2)S(=O)(=O)c1ccc2ncccc2c1. The van der Waals surface area contributed by atoms with E-state index >= 15 is 0 Å². The van der Waals surface area contributed by atoms with Crippen LogP contribution in [0.1, 0.15) is 36.5 Å². The molecule has 0 radical (unpaired) electrons. The maximum atomic E-state index is 14.2. The highest BCUT2D eigenvalue weighted by atomic mass is 32.2. The van der Waals surface area contributed by atoms with E-state index in [-0.39, 0.29) is 29.5 Å². The van der Waals surface area contributed by atoms with Gasteiger partial charge in [0.15, 0.2) is 0 Å². The summed E-state index contributed by atoms with van der Waals surface area (Å²) in [5.74, 6) is -0.853. The number of esters is 1. The van der Waals surface area contributed by atoms with Crippen molar-refractivity contribution in [3.05, 3.63) is 95.7 Å². The molecule has 1 aromatic heterocycles. The number of pyridine rings is 1. The first kappa shape index (κ1) is 28.8. The smallest absolute Gasteiger partial charge is 0.326 e. The van der Waals surface area contributed by atoms with Gasteiger partial charge in [0.25, 0.3) is 10.0 Å². The topological polar surface area (TPSA) is 121 Å². The molecule has 10 heteroatoms. The highest BCUT2D eigenvalue weighted by Crippen LogP contribution is 2.40. The molecule has 5 rings (SSSR count). The van der Waals surface area contributed by atoms with Crippen molar-refractivity contribution in [1.82, 2.24) is 4.98 Å². The van der Waals surface area contributed by atoms with Crippen molar-refractivity contribution >= 4 is 44.2 Å². The Morgan fingerprint density at radius 3 is 2.64 bits per heavy atom. The van der Waals surface area contributed by atoms with E-state index in [2.05, 4.69) is 11.1 Å². The Balaban J connectivity index is 1.53. The molecule has 2 heterocycles. The van der Waals surface area contributed by atoms with Crippen LogP contribution in [0.2, 0.25) is 0 Å². The number of amides is 1. The van der Waals surface area contributed by atoms with Crippen LogP contribution in [0, 0.1) is 11.3 Å². The number of nitriles is 1. The standard InChI is InChI=1S/C32H30N4O5S/c1-2-41-31(38)22-36(42(39,40)27-15-16-28-26(20-27)7-4-18-34-28)29-9-3-6-25-8-5-19-35(32(25)29)30(37)17-14-23-10-12-24(21-33)13-11-23/h3-4,6-7,9-13,15-16,18,20H,2,5,8,14,17,19,22H2,1H3. The van der Waals surface area contributed by atoms with Crippen LogP contribution in [0.4, 0.5) is 11.4 Å². The summed E-state index contributed by atoms with van der Waals surface area (Å²) in [6.45, 7) is 1.63. The number of carbonyl (C=O) groups is 2. The number of ether oxygens (including phenoxy) is 1. The number of fused-ring (bicyclic) bond motifs is 2. The van der Waals surface area contributed by atoms with Crippen LogP contribution in [0.5, 0.6) is 0 Å². The van der Waals surface area contributed by atoms with Gasteiger partial charge in [-0.05, 0) is 79.8 Å². The molecule has 0 N–H and O–H groups in total. The van der Waals surface area contributed by atoms with Crippen molar-refractivity contribution in [3.63, 3.8) is 0 Å². The molecular weight excluding hydrogens is 552 g/mol. The minimum Gasteiger partial charge on any atom is -0.465 e. The average molecular weight is 583 g/mol. The molecule has 1 amide bonds. The highest BCUT2D eigenvalue weighted by molar-refractivity contribution is 7.92. The van der Waals surface area contributed by atoms with E-state index in [1.807, 2.05) is 18.2 Å². The van der Waals surface area contributed by atoms with Gasteiger partial charge in [-0.25, -0.2) is 8.42 Å². The summed E-state index contributed by atoms with van der Waals surface area (Å²) in [5, 5.41) is 9.70. The lowest BCUT2D eigenvalue weighted by atomic mass is 9.99. The van der Waals surface area contributed by atoms with Gasteiger partial charge in [0.05, 0.1) is 40.0 Å². The second-order valence-electron chi connectivity index (χ2n) is 9.92. The van der Waals surface area contributed by atoms with Crippen molar-refractivity contribution in [2.75, 3.05) is 28.9 Å². The van der Waals surface area contributed by atoms with Gasteiger partial charge in [-0.3, -0.25) is 18.9 Å². The van der Waals surface area contributed by atoms with Gasteiger partial charge in [-0.15, -0.1) is 0 Å². The van der Waals surface area contributed by atoms with Crippen LogP contribution in [-0.4, -0.2) is 45.0 Å². The maximum Gasteiger partial charge on any atom is 0.326 e. The molecule has 214 valence electrons. The van der Waals surface area contributed by atoms with E-state index in [0.717, 1.165) is 21.9 Å². The maximum absolute atomic E-state index is 14.2. The summed E-state index contributed by atoms with van der Waals surface area (Å²) in [6.07, 6.45) is 3.68. The molecule has 0 spiro atoms. The summed E-state index contributed by atoms with van der Waals surface area (Å²) in [7, 11) is -4.26. The van der Waals surface area contributed by atoms with Crippen molar-refractivity contribution in [2.45, 2.75) is 37.5 Å². The Hall–Kier alpha value is -4.75. The summed E-state index contributed by atoms with van der Waals surface area (Å²) in [5.41, 5.74) is 3.68. The predicted molar refractivity (Wildman–Crippen MR) is 160 cm³/mol. The number of benzene rings is 3. The average Bonchev–Trinajstić information content (AvgIpc) is 3.02. The molecule has 3 aromatic carbocycles. The number of para-hydroxylation sites is 1. The zero-order valence-corrected chi connectivity index (χ0v) is 24.0. The van der Waals surface area contributed by atoms with Gasteiger partial charge in [0, 0.05) is 24.5 Å². The van der Waals surface area contributed by atoms with Crippen LogP contribution < -0.4 is 9.21 Å². The Morgan fingerprint density at radius 2 is 1.88 bits per heavy atom. The van der Waals surface area contributed by atoms with Crippen LogP contribution in [0.25, 0.3) is 10.9 Å². The predicted octanol–water partition coefficient (Wildman–Crippen LogP) is 4.78. The molecule has 1 aliphatic rings. The molecule has 4 aromatic rings. The van der Waals surface area contributed by atoms with Crippen molar-refractivity contribution in [3.8, 4) is 6.07 Å². The Kier molecular flexibility index (Phi) is 8.50. The highest BCUT2D eigenvalue weighted by Gasteiger charge is 2.34. The molecule has 0 saturated carbocycles. The molecule has 0 fully saturated rings. The first-order chi connectivity index (χ1) is 20.3. The lowest BCUT2D eigenvalue weighted by Crippen LogP contribution is -2.41. The number of aromatic nitrogens is 1. The van der Waals surface area contributed by atoms with E-state index in [9.17, 15) is 18.0 Å². The van der Waals surface area contributed by atoms with E-state index in [1.54, 1.807) is 60.5 Å². The summed E-state index contributed by atoms with van der Waals surface area (Å²) >= 11 is 0. The fourth-order valence-corrected chi connectivity index (χ4v) is 6.63. The van der Waals surface area contributed by atoms with Gasteiger partial charge in [0.2, 0.25) is 5.91 Å². The Morgan fingerprint density at radius 1 is 1.07 bits per heavy atom. The van der Waals surface area contributed by atoms with E-state index in [1.165, 1.54) is 12.1 Å². The number of aryl methyl sites for hydroxylation is 2. The first-order valence-electron chi connectivity index (χ1n) is 13.8. The number of anilines is 2. The van der Waals surface area contributed by atoms with Crippen LogP contribution in [0.3, 0.4) is 0 Å². The van der Waals surface area contributed by atoms with Gasteiger partial charge >= 0.3 is 5.97 Å². The third kappa shape index (κ3) is 5.97. The molecule has 1 aliphatic heterocycles. The molecule has 0 aliphatic carbocycles. The minimum absolute atomic E-state index is 0.000552. The van der Waals surface area contributed by atoms with Crippen LogP contribution in [0.15, 0.2) is 83.9 Å². The number of carbonyl (C=O) groups excluding carboxylic acids is 2. The van der Waals surface area contributed by atoms with Crippen LogP contribution in [-0.2, 0) is 37.2 Å². The van der Waals surface area contributed by atoms with Gasteiger partial charge in [-0.2, -0.15) is 5.26 Å². The second kappa shape index (κ2) is 12.4. The number of nitrogens with zero attached hydrogens (tertiary/aromatic N) is 4. The van der Waals surface area contributed by atoms with Crippen LogP contribution >= 0.6 is 0 Å². The summed E-state index contributed by atoms with van der Waals surface area (Å²) in [6, 6.07) is 22.6. The van der Waals surface area contributed by atoms with Gasteiger partial charge < -0.3 is 9.64 Å². The fourth-order valence-electron chi connectivity index (χ4n) is 5.18. The molecule has 0 saturated heterocycles. The number of hydrogen-bond acceptors (Lipinski definition) is 7. The Bertz CT molecular complexity index is 1780. The van der Waals surface area contributed by atoms with Gasteiger partial charge in [0.1, 0.15) is 6.54 Å². The zero-order chi connectivity index (χ0) is 29.7. The van der Waals surface area contributed by atoms with Gasteiger partial charge in [-0.1, -0.05) is 30.3 Å². The summed E-state index contributed by atoms with van der Waals surface area (Å²) < 4.78 is 34.6. The third-order valence-corrected chi connectivity index (χ3v) is 8.97. The van der Waals surface area contributed by atoms with E-state index in [0.29, 0.717) is 41.5 Å². The normalized spacial score (nSPS) is 12.8. The third-order valence-electron chi connectivity index (χ3n) is 7.22. The molecule has 0 atom stereocenters. The number of rotatable bonds is 9. The minimum atomic E-state index is -4.26.